The number of hydrogen-bond acceptors (Lipinski definition) is 1. The summed E-state index contributed by atoms with van der Waals surface area (Å²) in [7, 11) is 0. The third kappa shape index (κ3) is 6.07. The monoisotopic (exact) mass is 322 g/mol. The van der Waals surface area contributed by atoms with E-state index in [4.69, 9.17) is 4.74 Å². The quantitative estimate of drug-likeness (QED) is 0.377. The standard InChI is InChI=1S/C22H42O/c1-3-5-9-15-21(17-11-7-12-18-21)23-22(16-10-6-4-2)19-13-8-14-20-22/h3-20H2,1-2H3. The maximum Gasteiger partial charge on any atom is 0.0690 e. The molecule has 2 aliphatic carbocycles. The summed E-state index contributed by atoms with van der Waals surface area (Å²) >= 11 is 0. The predicted octanol–water partition coefficient (Wildman–Crippen LogP) is 7.57. The summed E-state index contributed by atoms with van der Waals surface area (Å²) in [4.78, 5) is 0. The summed E-state index contributed by atoms with van der Waals surface area (Å²) in [6.45, 7) is 4.64. The molecule has 0 amide bonds. The van der Waals surface area contributed by atoms with Crippen LogP contribution in [0.5, 0.6) is 0 Å². The van der Waals surface area contributed by atoms with Crippen molar-refractivity contribution in [3.63, 3.8) is 0 Å². The van der Waals surface area contributed by atoms with E-state index in [-0.39, 0.29) is 11.2 Å². The van der Waals surface area contributed by atoms with E-state index in [1.54, 1.807) is 0 Å². The molecule has 0 atom stereocenters. The van der Waals surface area contributed by atoms with Gasteiger partial charge in [-0.3, -0.25) is 0 Å². The first-order valence-electron chi connectivity index (χ1n) is 10.9. The van der Waals surface area contributed by atoms with E-state index >= 15 is 0 Å². The molecular weight excluding hydrogens is 280 g/mol. The van der Waals surface area contributed by atoms with E-state index in [1.165, 1.54) is 116 Å². The molecular formula is C22H42O. The van der Waals surface area contributed by atoms with Crippen LogP contribution in [0.25, 0.3) is 0 Å². The lowest BCUT2D eigenvalue weighted by atomic mass is 9.76. The summed E-state index contributed by atoms with van der Waals surface area (Å²) in [5.41, 5.74) is 0.494. The maximum absolute atomic E-state index is 7.20. The lowest BCUT2D eigenvalue weighted by Gasteiger charge is -2.48. The molecule has 23 heavy (non-hydrogen) atoms. The van der Waals surface area contributed by atoms with E-state index in [0.29, 0.717) is 0 Å². The van der Waals surface area contributed by atoms with Gasteiger partial charge in [-0.05, 0) is 38.5 Å². The lowest BCUT2D eigenvalue weighted by molar-refractivity contribution is -0.192. The first-order valence-corrected chi connectivity index (χ1v) is 10.9. The zero-order valence-electron chi connectivity index (χ0n) is 16.1. The fourth-order valence-electron chi connectivity index (χ4n) is 5.05. The number of ether oxygens (including phenoxy) is 1. The van der Waals surface area contributed by atoms with Crippen LogP contribution in [0.2, 0.25) is 0 Å². The zero-order valence-corrected chi connectivity index (χ0v) is 16.1. The number of rotatable bonds is 10. The highest BCUT2D eigenvalue weighted by molar-refractivity contribution is 4.92. The largest absolute Gasteiger partial charge is 0.369 e. The third-order valence-corrected chi connectivity index (χ3v) is 6.43. The van der Waals surface area contributed by atoms with Gasteiger partial charge < -0.3 is 4.74 Å². The third-order valence-electron chi connectivity index (χ3n) is 6.43. The molecule has 0 radical (unpaired) electrons. The predicted molar refractivity (Wildman–Crippen MR) is 101 cm³/mol. The Hall–Kier alpha value is -0.0400. The molecule has 0 aromatic rings. The van der Waals surface area contributed by atoms with Crippen molar-refractivity contribution < 1.29 is 4.74 Å². The molecule has 0 heterocycles. The highest BCUT2D eigenvalue weighted by Crippen LogP contribution is 2.45. The molecule has 0 aromatic heterocycles. The molecule has 0 saturated heterocycles. The van der Waals surface area contributed by atoms with Gasteiger partial charge in [-0.1, -0.05) is 90.9 Å². The van der Waals surface area contributed by atoms with Crippen LogP contribution in [0.1, 0.15) is 129 Å². The molecule has 1 nitrogen and oxygen atoms in total. The second-order valence-corrected chi connectivity index (χ2v) is 8.50. The van der Waals surface area contributed by atoms with E-state index in [9.17, 15) is 0 Å². The van der Waals surface area contributed by atoms with Crippen molar-refractivity contribution in [2.24, 2.45) is 0 Å². The van der Waals surface area contributed by atoms with Crippen LogP contribution >= 0.6 is 0 Å². The topological polar surface area (TPSA) is 9.23 Å². The van der Waals surface area contributed by atoms with Gasteiger partial charge in [0.05, 0.1) is 11.2 Å². The van der Waals surface area contributed by atoms with Crippen LogP contribution in [0.4, 0.5) is 0 Å². The van der Waals surface area contributed by atoms with Gasteiger partial charge in [-0.25, -0.2) is 0 Å². The smallest absolute Gasteiger partial charge is 0.0690 e. The average molecular weight is 323 g/mol. The van der Waals surface area contributed by atoms with Gasteiger partial charge in [0.2, 0.25) is 0 Å². The van der Waals surface area contributed by atoms with Crippen LogP contribution in [0.15, 0.2) is 0 Å². The Balaban J connectivity index is 2.02. The molecule has 0 unspecified atom stereocenters. The van der Waals surface area contributed by atoms with Crippen molar-refractivity contribution in [2.45, 2.75) is 141 Å². The Bertz CT molecular complexity index is 267. The van der Waals surface area contributed by atoms with Crippen molar-refractivity contribution in [1.29, 1.82) is 0 Å². The normalized spacial score (nSPS) is 23.7. The van der Waals surface area contributed by atoms with Crippen LogP contribution in [-0.2, 0) is 4.74 Å². The summed E-state index contributed by atoms with van der Waals surface area (Å²) in [6.07, 6.45) is 24.7. The second kappa shape index (κ2) is 10.1. The van der Waals surface area contributed by atoms with Crippen molar-refractivity contribution in [3.05, 3.63) is 0 Å². The van der Waals surface area contributed by atoms with Crippen LogP contribution in [-0.4, -0.2) is 11.2 Å². The molecule has 2 aliphatic rings. The zero-order chi connectivity index (χ0) is 16.4. The Morgan fingerprint density at radius 3 is 1.30 bits per heavy atom. The molecule has 1 heteroatoms. The van der Waals surface area contributed by atoms with Crippen LogP contribution in [0.3, 0.4) is 0 Å². The molecule has 2 saturated carbocycles. The first kappa shape index (κ1) is 19.3. The molecule has 2 rings (SSSR count). The molecule has 0 N–H and O–H groups in total. The fourth-order valence-corrected chi connectivity index (χ4v) is 5.05. The van der Waals surface area contributed by atoms with Gasteiger partial charge in [-0.2, -0.15) is 0 Å². The molecule has 0 spiro atoms. The minimum atomic E-state index is 0.247. The Kier molecular flexibility index (Phi) is 8.44. The number of hydrogen-bond donors (Lipinski definition) is 0. The summed E-state index contributed by atoms with van der Waals surface area (Å²) in [6, 6.07) is 0. The van der Waals surface area contributed by atoms with E-state index in [0.717, 1.165) is 0 Å². The van der Waals surface area contributed by atoms with Gasteiger partial charge in [0.25, 0.3) is 0 Å². The Morgan fingerprint density at radius 1 is 0.565 bits per heavy atom. The summed E-state index contributed by atoms with van der Waals surface area (Å²) in [5, 5.41) is 0. The Labute approximate surface area is 146 Å². The van der Waals surface area contributed by atoms with Crippen LogP contribution < -0.4 is 0 Å². The summed E-state index contributed by atoms with van der Waals surface area (Å²) < 4.78 is 7.20. The van der Waals surface area contributed by atoms with E-state index in [2.05, 4.69) is 13.8 Å². The van der Waals surface area contributed by atoms with Gasteiger partial charge in [0.1, 0.15) is 0 Å². The SMILES string of the molecule is CCCCCC1(OC2(CCCCC)CCCCC2)CCCCC1. The Morgan fingerprint density at radius 2 is 0.957 bits per heavy atom. The summed E-state index contributed by atoms with van der Waals surface area (Å²) in [5.74, 6) is 0. The molecule has 0 bridgehead atoms. The highest BCUT2D eigenvalue weighted by atomic mass is 16.5. The molecule has 2 fully saturated rings. The van der Waals surface area contributed by atoms with Gasteiger partial charge >= 0.3 is 0 Å². The van der Waals surface area contributed by atoms with Gasteiger partial charge in [-0.15, -0.1) is 0 Å². The van der Waals surface area contributed by atoms with Gasteiger partial charge in [0.15, 0.2) is 0 Å². The minimum Gasteiger partial charge on any atom is -0.369 e. The highest BCUT2D eigenvalue weighted by Gasteiger charge is 2.42. The van der Waals surface area contributed by atoms with E-state index in [1.807, 2.05) is 0 Å². The average Bonchev–Trinajstić information content (AvgIpc) is 2.57. The molecule has 136 valence electrons. The molecule has 0 aliphatic heterocycles. The minimum absolute atomic E-state index is 0.247. The maximum atomic E-state index is 7.20. The van der Waals surface area contributed by atoms with Crippen LogP contribution in [0, 0.1) is 0 Å². The van der Waals surface area contributed by atoms with Crippen molar-refractivity contribution in [3.8, 4) is 0 Å². The van der Waals surface area contributed by atoms with Crippen molar-refractivity contribution in [2.75, 3.05) is 0 Å². The van der Waals surface area contributed by atoms with Gasteiger partial charge in [0, 0.05) is 0 Å². The fraction of sp³-hybridized carbons (Fsp3) is 1.00. The number of unbranched alkanes of at least 4 members (excludes halogenated alkanes) is 4. The molecule has 0 aromatic carbocycles. The lowest BCUT2D eigenvalue weighted by Crippen LogP contribution is -2.47. The first-order chi connectivity index (χ1) is 11.2. The van der Waals surface area contributed by atoms with E-state index < -0.39 is 0 Å². The van der Waals surface area contributed by atoms with Crippen molar-refractivity contribution in [1.82, 2.24) is 0 Å². The van der Waals surface area contributed by atoms with Crippen molar-refractivity contribution >= 4 is 0 Å². The second-order valence-electron chi connectivity index (χ2n) is 8.50.